The number of hydrogen-bond donors (Lipinski definition) is 1. The molecule has 3 aliphatic rings. The number of carboxylic acid groups (broad SMARTS) is 1. The molecular formula is C37H30N2O3S2. The molecule has 2 aliphatic heterocycles. The summed E-state index contributed by atoms with van der Waals surface area (Å²) in [5.74, 6) is -0.994. The zero-order valence-corrected chi connectivity index (χ0v) is 25.6. The quantitative estimate of drug-likeness (QED) is 0.128. The number of thioether (sulfide) groups is 1. The maximum absolute atomic E-state index is 12.8. The normalized spacial score (nSPS) is 19.8. The van der Waals surface area contributed by atoms with Crippen molar-refractivity contribution >= 4 is 69.3 Å². The van der Waals surface area contributed by atoms with Crippen LogP contribution >= 0.6 is 24.0 Å². The van der Waals surface area contributed by atoms with Crippen LogP contribution < -0.4 is 4.90 Å². The Kier molecular flexibility index (Phi) is 7.66. The van der Waals surface area contributed by atoms with Gasteiger partial charge in [-0.25, -0.2) is 0 Å². The predicted octanol–water partition coefficient (Wildman–Crippen LogP) is 8.35. The highest BCUT2D eigenvalue weighted by Crippen LogP contribution is 2.52. The summed E-state index contributed by atoms with van der Waals surface area (Å²) in [6.45, 7) is -0.417. The zero-order chi connectivity index (χ0) is 30.2. The fourth-order valence-corrected chi connectivity index (χ4v) is 7.95. The van der Waals surface area contributed by atoms with Gasteiger partial charge in [-0.2, -0.15) is 0 Å². The van der Waals surface area contributed by atoms with Crippen LogP contribution in [0, 0.1) is 0 Å². The summed E-state index contributed by atoms with van der Waals surface area (Å²) in [5, 5.41) is 9.16. The molecule has 44 heavy (non-hydrogen) atoms. The van der Waals surface area contributed by atoms with Gasteiger partial charge in [0.15, 0.2) is 0 Å². The van der Waals surface area contributed by atoms with Crippen LogP contribution in [0.1, 0.15) is 53.0 Å². The van der Waals surface area contributed by atoms with E-state index in [4.69, 9.17) is 17.3 Å². The van der Waals surface area contributed by atoms with Gasteiger partial charge in [0, 0.05) is 23.3 Å². The molecule has 5 nitrogen and oxygen atoms in total. The molecule has 218 valence electrons. The third-order valence-electron chi connectivity index (χ3n) is 8.64. The number of nitrogens with zero attached hydrogens (tertiary/aromatic N) is 2. The molecule has 0 bridgehead atoms. The second-order valence-electron chi connectivity index (χ2n) is 11.3. The molecule has 0 aromatic heterocycles. The monoisotopic (exact) mass is 614 g/mol. The van der Waals surface area contributed by atoms with E-state index in [1.807, 2.05) is 24.3 Å². The van der Waals surface area contributed by atoms with Gasteiger partial charge in [0.05, 0.1) is 4.91 Å². The third kappa shape index (κ3) is 5.38. The van der Waals surface area contributed by atoms with Crippen molar-refractivity contribution in [1.29, 1.82) is 0 Å². The molecule has 0 radical (unpaired) electrons. The second kappa shape index (κ2) is 11.9. The van der Waals surface area contributed by atoms with Crippen LogP contribution in [-0.4, -0.2) is 38.8 Å². The molecule has 4 aromatic rings. The number of anilines is 2. The van der Waals surface area contributed by atoms with Crippen molar-refractivity contribution in [1.82, 2.24) is 4.90 Å². The number of thiocarbonyl (C=S) groups is 1. The Bertz CT molecular complexity index is 1780. The average molecular weight is 615 g/mol. The van der Waals surface area contributed by atoms with Gasteiger partial charge in [0.2, 0.25) is 0 Å². The van der Waals surface area contributed by atoms with Gasteiger partial charge in [-0.05, 0) is 82.6 Å². The highest BCUT2D eigenvalue weighted by atomic mass is 32.2. The lowest BCUT2D eigenvalue weighted by Crippen LogP contribution is -2.33. The lowest BCUT2D eigenvalue weighted by Gasteiger charge is -2.27. The fraction of sp³-hybridized carbons (Fsp3) is 0.162. The van der Waals surface area contributed by atoms with Crippen LogP contribution in [0.3, 0.4) is 0 Å². The minimum atomic E-state index is -1.08. The molecule has 1 N–H and O–H groups in total. The molecule has 0 spiro atoms. The van der Waals surface area contributed by atoms with E-state index in [9.17, 15) is 9.59 Å². The van der Waals surface area contributed by atoms with Gasteiger partial charge >= 0.3 is 5.97 Å². The smallest absolute Gasteiger partial charge is 0.323 e. The molecule has 7 rings (SSSR count). The number of aliphatic carboxylic acids is 1. The first kappa shape index (κ1) is 28.3. The van der Waals surface area contributed by atoms with Crippen LogP contribution in [0.2, 0.25) is 0 Å². The first-order chi connectivity index (χ1) is 21.5. The highest BCUT2D eigenvalue weighted by Gasteiger charge is 2.42. The van der Waals surface area contributed by atoms with Crippen molar-refractivity contribution in [2.75, 3.05) is 11.4 Å². The van der Waals surface area contributed by atoms with Crippen molar-refractivity contribution in [3.63, 3.8) is 0 Å². The molecule has 2 fully saturated rings. The number of benzene rings is 4. The standard InChI is InChI=1S/C37H30N2O3S2/c40-35(41)23-38-36(42)34(44-37(38)43)22-25-16-19-33-31(21-25)29-12-7-13-32(29)39(33)28-17-14-24(15-18-28)20-30(26-8-3-1-4-9-26)27-10-5-2-6-11-27/h1-6,8-11,14-22,29,32H,7,12-13,23H2,(H,40,41)/b34-22+/t29-,32+/m0/s1. The minimum Gasteiger partial charge on any atom is -0.480 e. The maximum atomic E-state index is 12.8. The van der Waals surface area contributed by atoms with Gasteiger partial charge in [-0.3, -0.25) is 14.5 Å². The first-order valence-electron chi connectivity index (χ1n) is 14.8. The minimum absolute atomic E-state index is 0.282. The maximum Gasteiger partial charge on any atom is 0.323 e. The molecule has 1 saturated heterocycles. The molecule has 1 amide bonds. The van der Waals surface area contributed by atoms with E-state index < -0.39 is 12.5 Å². The van der Waals surface area contributed by atoms with E-state index in [0.717, 1.165) is 40.6 Å². The second-order valence-corrected chi connectivity index (χ2v) is 13.0. The molecule has 4 aromatic carbocycles. The van der Waals surface area contributed by atoms with Gasteiger partial charge < -0.3 is 10.0 Å². The molecule has 0 unspecified atom stereocenters. The van der Waals surface area contributed by atoms with Crippen molar-refractivity contribution in [3.8, 4) is 0 Å². The Balaban J connectivity index is 1.19. The lowest BCUT2D eigenvalue weighted by molar-refractivity contribution is -0.140. The van der Waals surface area contributed by atoms with Gasteiger partial charge in [0.25, 0.3) is 5.91 Å². The number of rotatable bonds is 7. The van der Waals surface area contributed by atoms with Crippen molar-refractivity contribution in [2.45, 2.75) is 31.2 Å². The molecule has 1 saturated carbocycles. The summed E-state index contributed by atoms with van der Waals surface area (Å²) >= 11 is 6.44. The van der Waals surface area contributed by atoms with E-state index in [-0.39, 0.29) is 10.2 Å². The molecular weight excluding hydrogens is 585 g/mol. The summed E-state index contributed by atoms with van der Waals surface area (Å²) < 4.78 is 0.282. The van der Waals surface area contributed by atoms with Crippen LogP contribution in [0.15, 0.2) is 108 Å². The van der Waals surface area contributed by atoms with Crippen LogP contribution in [0.5, 0.6) is 0 Å². The van der Waals surface area contributed by atoms with Crippen LogP contribution in [0.25, 0.3) is 17.7 Å². The summed E-state index contributed by atoms with van der Waals surface area (Å²) in [7, 11) is 0. The Hall–Kier alpha value is -4.46. The molecule has 7 heteroatoms. The predicted molar refractivity (Wildman–Crippen MR) is 183 cm³/mol. The van der Waals surface area contributed by atoms with E-state index in [1.54, 1.807) is 0 Å². The number of amides is 1. The Labute approximate surface area is 266 Å². The fourth-order valence-electron chi connectivity index (χ4n) is 6.69. The summed E-state index contributed by atoms with van der Waals surface area (Å²) in [6.07, 6.45) is 7.55. The van der Waals surface area contributed by atoms with Gasteiger partial charge in [-0.1, -0.05) is 109 Å². The summed E-state index contributed by atoms with van der Waals surface area (Å²) in [4.78, 5) is 28.1. The highest BCUT2D eigenvalue weighted by molar-refractivity contribution is 8.26. The molecule has 2 atom stereocenters. The Morgan fingerprint density at radius 3 is 2.20 bits per heavy atom. The number of carbonyl (C=O) groups is 2. The average Bonchev–Trinajstić information content (AvgIpc) is 3.71. The van der Waals surface area contributed by atoms with E-state index in [1.165, 1.54) is 40.1 Å². The van der Waals surface area contributed by atoms with Crippen LogP contribution in [-0.2, 0) is 9.59 Å². The van der Waals surface area contributed by atoms with Crippen molar-refractivity contribution in [2.24, 2.45) is 0 Å². The zero-order valence-electron chi connectivity index (χ0n) is 23.9. The van der Waals surface area contributed by atoms with Crippen LogP contribution in [0.4, 0.5) is 11.4 Å². The Morgan fingerprint density at radius 2 is 1.55 bits per heavy atom. The van der Waals surface area contributed by atoms with Crippen molar-refractivity contribution < 1.29 is 14.7 Å². The largest absolute Gasteiger partial charge is 0.480 e. The molecule has 1 aliphatic carbocycles. The summed E-state index contributed by atoms with van der Waals surface area (Å²) in [5.41, 5.74) is 9.34. The molecule has 2 heterocycles. The Morgan fingerprint density at radius 1 is 0.886 bits per heavy atom. The van der Waals surface area contributed by atoms with Crippen molar-refractivity contribution in [3.05, 3.63) is 136 Å². The van der Waals surface area contributed by atoms with E-state index in [0.29, 0.717) is 16.9 Å². The van der Waals surface area contributed by atoms with Gasteiger partial charge in [-0.15, -0.1) is 0 Å². The number of carbonyl (C=O) groups excluding carboxylic acids is 1. The van der Waals surface area contributed by atoms with Gasteiger partial charge in [0.1, 0.15) is 10.9 Å². The number of carboxylic acids is 1. The third-order valence-corrected chi connectivity index (χ3v) is 10.0. The topological polar surface area (TPSA) is 60.9 Å². The van der Waals surface area contributed by atoms with E-state index in [2.05, 4.69) is 95.9 Å². The number of hydrogen-bond acceptors (Lipinski definition) is 5. The SMILES string of the molecule is O=C(O)CN1C(=O)/C(=C\c2ccc3c(c2)[C@@H]2CCC[C@H]2N3c2ccc(C=C(c3ccccc3)c3ccccc3)cc2)SC1=S. The summed E-state index contributed by atoms with van der Waals surface area (Å²) in [6, 6.07) is 36.7. The first-order valence-corrected chi connectivity index (χ1v) is 16.0. The van der Waals surface area contributed by atoms with E-state index >= 15 is 0 Å². The number of fused-ring (bicyclic) bond motifs is 3. The lowest BCUT2D eigenvalue weighted by atomic mass is 9.95.